The summed E-state index contributed by atoms with van der Waals surface area (Å²) in [5.74, 6) is -4.96. The van der Waals surface area contributed by atoms with E-state index in [0.717, 1.165) is 37.4 Å². The van der Waals surface area contributed by atoms with E-state index in [-0.39, 0.29) is 0 Å². The molecule has 3 amide bonds. The Kier molecular flexibility index (Phi) is 6.45. The van der Waals surface area contributed by atoms with Crippen molar-refractivity contribution in [1.82, 2.24) is 4.90 Å². The summed E-state index contributed by atoms with van der Waals surface area (Å²) < 4.78 is 71.2. The Bertz CT molecular complexity index is 840. The number of benzene rings is 2. The minimum Gasteiger partial charge on any atom is -0.364 e. The molecule has 0 aliphatic heterocycles. The summed E-state index contributed by atoms with van der Waals surface area (Å²) in [6, 6.07) is 3.66. The highest BCUT2D eigenvalue weighted by Gasteiger charge is 2.28. The molecule has 0 saturated heterocycles. The van der Waals surface area contributed by atoms with Gasteiger partial charge in [-0.15, -0.1) is 0 Å². The molecule has 2 rings (SSSR count). The van der Waals surface area contributed by atoms with Gasteiger partial charge in [-0.1, -0.05) is 12.1 Å². The number of carbonyl (C=O) groups excluding carboxylic acids is 2. The van der Waals surface area contributed by atoms with Gasteiger partial charge < -0.3 is 10.1 Å². The lowest BCUT2D eigenvalue weighted by atomic mass is 10.1. The number of amides is 3. The molecule has 2 aromatic rings. The second-order valence-electron chi connectivity index (χ2n) is 5.22. The van der Waals surface area contributed by atoms with Gasteiger partial charge in [-0.05, 0) is 24.3 Å². The van der Waals surface area contributed by atoms with E-state index in [4.69, 9.17) is 0 Å². The number of nitrogens with zero attached hydrogens (tertiary/aromatic N) is 1. The number of anilines is 1. The van der Waals surface area contributed by atoms with E-state index < -0.39 is 59.4 Å². The molecule has 0 unspecified atom stereocenters. The molecule has 2 aromatic carbocycles. The van der Waals surface area contributed by atoms with Crippen LogP contribution in [0.5, 0.6) is 0 Å². The molecular formula is C17H13F5N2O3. The van der Waals surface area contributed by atoms with Crippen LogP contribution in [0.25, 0.3) is 0 Å². The van der Waals surface area contributed by atoms with Gasteiger partial charge in [0.15, 0.2) is 0 Å². The van der Waals surface area contributed by atoms with Crippen molar-refractivity contribution < 1.29 is 36.3 Å². The van der Waals surface area contributed by atoms with Crippen LogP contribution in [0.2, 0.25) is 0 Å². The maximum atomic E-state index is 13.9. The first-order valence-corrected chi connectivity index (χ1v) is 7.39. The van der Waals surface area contributed by atoms with Crippen LogP contribution in [0.3, 0.4) is 0 Å². The molecule has 0 fully saturated rings. The molecule has 0 radical (unpaired) electrons. The number of nitrogens with one attached hydrogen (secondary N) is 1. The first kappa shape index (κ1) is 20.3. The fourth-order valence-electron chi connectivity index (χ4n) is 2.13. The van der Waals surface area contributed by atoms with Gasteiger partial charge in [-0.25, -0.2) is 31.6 Å². The van der Waals surface area contributed by atoms with Crippen LogP contribution in [0.4, 0.5) is 32.4 Å². The van der Waals surface area contributed by atoms with Gasteiger partial charge in [0.1, 0.15) is 29.7 Å². The van der Waals surface area contributed by atoms with E-state index in [1.807, 2.05) is 5.32 Å². The summed E-state index contributed by atoms with van der Waals surface area (Å²) in [5, 5.41) is 1.97. The minimum absolute atomic E-state index is 0.294. The van der Waals surface area contributed by atoms with Crippen molar-refractivity contribution >= 4 is 17.6 Å². The zero-order chi connectivity index (χ0) is 20.1. The third-order valence-corrected chi connectivity index (χ3v) is 3.41. The standard InChI is InChI=1S/C17H13F5N2O3/c1-27-8-24(16(25)14-10(18)3-2-4-11(14)19)17(26)23-13-6-5-9(15(21)22)7-12(13)20/h2-7,15H,8H2,1H3,(H,23,26). The number of imide groups is 1. The molecule has 0 spiro atoms. The van der Waals surface area contributed by atoms with E-state index in [2.05, 4.69) is 4.74 Å². The van der Waals surface area contributed by atoms with Gasteiger partial charge in [0.25, 0.3) is 12.3 Å². The van der Waals surface area contributed by atoms with E-state index in [1.54, 1.807) is 0 Å². The second-order valence-corrected chi connectivity index (χ2v) is 5.22. The number of urea groups is 1. The molecule has 0 heterocycles. The summed E-state index contributed by atoms with van der Waals surface area (Å²) in [4.78, 5) is 24.9. The Morgan fingerprint density at radius 1 is 1.07 bits per heavy atom. The highest BCUT2D eigenvalue weighted by atomic mass is 19.3. The zero-order valence-electron chi connectivity index (χ0n) is 13.8. The third kappa shape index (κ3) is 4.59. The second kappa shape index (κ2) is 8.58. The maximum absolute atomic E-state index is 13.9. The average molecular weight is 388 g/mol. The Morgan fingerprint density at radius 3 is 2.22 bits per heavy atom. The molecule has 0 aliphatic carbocycles. The van der Waals surface area contributed by atoms with Crippen molar-refractivity contribution in [3.8, 4) is 0 Å². The van der Waals surface area contributed by atoms with Gasteiger partial charge >= 0.3 is 6.03 Å². The molecule has 0 bridgehead atoms. The van der Waals surface area contributed by atoms with Crippen LogP contribution >= 0.6 is 0 Å². The average Bonchev–Trinajstić information content (AvgIpc) is 2.60. The number of hydrogen-bond acceptors (Lipinski definition) is 3. The lowest BCUT2D eigenvalue weighted by Crippen LogP contribution is -2.42. The number of hydrogen-bond donors (Lipinski definition) is 1. The number of halogens is 5. The molecule has 27 heavy (non-hydrogen) atoms. The molecule has 0 aliphatic rings. The summed E-state index contributed by atoms with van der Waals surface area (Å²) in [6.45, 7) is -0.699. The van der Waals surface area contributed by atoms with Gasteiger partial charge in [0.05, 0.1) is 5.69 Å². The van der Waals surface area contributed by atoms with Crippen molar-refractivity contribution in [3.63, 3.8) is 0 Å². The van der Waals surface area contributed by atoms with Crippen LogP contribution in [0, 0.1) is 17.5 Å². The molecule has 0 saturated carbocycles. The number of alkyl halides is 2. The lowest BCUT2D eigenvalue weighted by molar-refractivity contribution is 0.0548. The predicted octanol–water partition coefficient (Wildman–Crippen LogP) is 4.32. The number of carbonyl (C=O) groups is 2. The highest BCUT2D eigenvalue weighted by Crippen LogP contribution is 2.24. The van der Waals surface area contributed by atoms with Gasteiger partial charge in [0, 0.05) is 12.7 Å². The van der Waals surface area contributed by atoms with E-state index >= 15 is 0 Å². The maximum Gasteiger partial charge on any atom is 0.330 e. The van der Waals surface area contributed by atoms with Crippen molar-refractivity contribution in [3.05, 3.63) is 65.0 Å². The third-order valence-electron chi connectivity index (χ3n) is 3.41. The monoisotopic (exact) mass is 388 g/mol. The Balaban J connectivity index is 2.29. The first-order valence-electron chi connectivity index (χ1n) is 7.39. The van der Waals surface area contributed by atoms with Gasteiger partial charge in [-0.2, -0.15) is 0 Å². The van der Waals surface area contributed by atoms with Crippen LogP contribution in [0.15, 0.2) is 36.4 Å². The lowest BCUT2D eigenvalue weighted by Gasteiger charge is -2.21. The number of rotatable bonds is 5. The normalized spacial score (nSPS) is 10.8. The zero-order valence-corrected chi connectivity index (χ0v) is 13.8. The predicted molar refractivity (Wildman–Crippen MR) is 84.8 cm³/mol. The fraction of sp³-hybridized carbons (Fsp3) is 0.176. The molecule has 5 nitrogen and oxygen atoms in total. The number of methoxy groups -OCH3 is 1. The minimum atomic E-state index is -2.92. The molecule has 0 atom stereocenters. The van der Waals surface area contributed by atoms with Crippen LogP contribution in [0.1, 0.15) is 22.3 Å². The molecular weight excluding hydrogens is 375 g/mol. The van der Waals surface area contributed by atoms with E-state index in [0.29, 0.717) is 11.0 Å². The topological polar surface area (TPSA) is 58.6 Å². The summed E-state index contributed by atoms with van der Waals surface area (Å²) >= 11 is 0. The fourth-order valence-corrected chi connectivity index (χ4v) is 2.13. The van der Waals surface area contributed by atoms with Crippen LogP contribution in [-0.4, -0.2) is 30.7 Å². The largest absolute Gasteiger partial charge is 0.364 e. The van der Waals surface area contributed by atoms with Crippen molar-refractivity contribution in [2.75, 3.05) is 19.2 Å². The van der Waals surface area contributed by atoms with Crippen LogP contribution < -0.4 is 5.32 Å². The van der Waals surface area contributed by atoms with Crippen molar-refractivity contribution in [2.24, 2.45) is 0 Å². The molecule has 0 aromatic heterocycles. The van der Waals surface area contributed by atoms with Crippen molar-refractivity contribution in [1.29, 1.82) is 0 Å². The molecule has 144 valence electrons. The van der Waals surface area contributed by atoms with Crippen LogP contribution in [-0.2, 0) is 4.74 Å². The molecule has 1 N–H and O–H groups in total. The van der Waals surface area contributed by atoms with E-state index in [9.17, 15) is 31.5 Å². The van der Waals surface area contributed by atoms with Gasteiger partial charge in [0.2, 0.25) is 0 Å². The smallest absolute Gasteiger partial charge is 0.330 e. The SMILES string of the molecule is COCN(C(=O)Nc1ccc(C(F)F)cc1F)C(=O)c1c(F)cccc1F. The van der Waals surface area contributed by atoms with Gasteiger partial charge in [-0.3, -0.25) is 4.79 Å². The van der Waals surface area contributed by atoms with E-state index in [1.165, 1.54) is 0 Å². The van der Waals surface area contributed by atoms with Crippen molar-refractivity contribution in [2.45, 2.75) is 6.43 Å². The Hall–Kier alpha value is -3.01. The Labute approximate surface area is 150 Å². The summed E-state index contributed by atoms with van der Waals surface area (Å²) in [6.07, 6.45) is -2.92. The summed E-state index contributed by atoms with van der Waals surface area (Å²) in [5.41, 5.74) is -2.12. The first-order chi connectivity index (χ1) is 12.8. The summed E-state index contributed by atoms with van der Waals surface area (Å²) in [7, 11) is 1.11. The highest BCUT2D eigenvalue weighted by molar-refractivity contribution is 6.08. The molecule has 10 heteroatoms. The quantitative estimate of drug-likeness (QED) is 0.613. The Morgan fingerprint density at radius 2 is 1.70 bits per heavy atom. The number of ether oxygens (including phenoxy) is 1.